The minimum absolute atomic E-state index is 0.301. The molecule has 96 valence electrons. The van der Waals surface area contributed by atoms with Crippen molar-refractivity contribution in [1.29, 1.82) is 0 Å². The van der Waals surface area contributed by atoms with Crippen LogP contribution in [0, 0.1) is 5.41 Å². The summed E-state index contributed by atoms with van der Waals surface area (Å²) in [7, 11) is 1.92. The third-order valence-corrected chi connectivity index (χ3v) is 2.73. The number of hydrogen-bond donors (Lipinski definition) is 1. The first-order valence-electron chi connectivity index (χ1n) is 5.98. The zero-order chi connectivity index (χ0) is 12.9. The lowest BCUT2D eigenvalue weighted by Gasteiger charge is -2.19. The Morgan fingerprint density at radius 2 is 2.00 bits per heavy atom. The summed E-state index contributed by atoms with van der Waals surface area (Å²) in [5.41, 5.74) is 1.41. The summed E-state index contributed by atoms with van der Waals surface area (Å²) in [5.74, 6) is 0.924. The van der Waals surface area contributed by atoms with Gasteiger partial charge in [-0.1, -0.05) is 32.4 Å². The normalized spacial score (nSPS) is 11.6. The number of nitrogens with one attached hydrogen (secondary N) is 1. The van der Waals surface area contributed by atoms with E-state index in [-0.39, 0.29) is 0 Å². The average molecular weight is 256 g/mol. The lowest BCUT2D eigenvalue weighted by atomic mass is 9.93. The van der Waals surface area contributed by atoms with Gasteiger partial charge in [-0.05, 0) is 37.1 Å². The van der Waals surface area contributed by atoms with Crippen molar-refractivity contribution in [2.45, 2.75) is 33.7 Å². The second-order valence-electron chi connectivity index (χ2n) is 5.44. The molecule has 0 saturated carbocycles. The molecule has 1 rings (SSSR count). The van der Waals surface area contributed by atoms with E-state index in [1.165, 1.54) is 0 Å². The van der Waals surface area contributed by atoms with E-state index in [1.54, 1.807) is 0 Å². The van der Waals surface area contributed by atoms with Crippen molar-refractivity contribution in [3.63, 3.8) is 0 Å². The first kappa shape index (κ1) is 14.3. The van der Waals surface area contributed by atoms with Gasteiger partial charge in [0.2, 0.25) is 0 Å². The van der Waals surface area contributed by atoms with Gasteiger partial charge in [0, 0.05) is 17.1 Å². The summed E-state index contributed by atoms with van der Waals surface area (Å²) < 4.78 is 5.82. The average Bonchev–Trinajstić information content (AvgIpc) is 2.20. The van der Waals surface area contributed by atoms with E-state index in [2.05, 4.69) is 26.1 Å². The summed E-state index contributed by atoms with van der Waals surface area (Å²) in [6.07, 6.45) is 1.04. The second-order valence-corrected chi connectivity index (χ2v) is 5.88. The first-order valence-corrected chi connectivity index (χ1v) is 6.36. The molecule has 0 heterocycles. The molecule has 0 saturated heterocycles. The quantitative estimate of drug-likeness (QED) is 0.862. The maximum Gasteiger partial charge on any atom is 0.123 e. The highest BCUT2D eigenvalue weighted by molar-refractivity contribution is 6.30. The van der Waals surface area contributed by atoms with Crippen LogP contribution >= 0.6 is 11.6 Å². The highest BCUT2D eigenvalue weighted by Gasteiger charge is 2.11. The van der Waals surface area contributed by atoms with Crippen molar-refractivity contribution in [3.8, 4) is 5.75 Å². The topological polar surface area (TPSA) is 21.3 Å². The van der Waals surface area contributed by atoms with Gasteiger partial charge < -0.3 is 10.1 Å². The minimum atomic E-state index is 0.301. The van der Waals surface area contributed by atoms with Crippen LogP contribution in [0.3, 0.4) is 0 Å². The standard InChI is InChI=1S/C14H22ClNO/c1-14(2,3)7-8-17-13-6-5-12(15)9-11(13)10-16-4/h5-6,9,16H,7-8,10H2,1-4H3. The highest BCUT2D eigenvalue weighted by atomic mass is 35.5. The smallest absolute Gasteiger partial charge is 0.123 e. The molecule has 0 aliphatic rings. The molecule has 0 fully saturated rings. The van der Waals surface area contributed by atoms with Crippen molar-refractivity contribution in [1.82, 2.24) is 5.32 Å². The van der Waals surface area contributed by atoms with E-state index in [9.17, 15) is 0 Å². The number of benzene rings is 1. The first-order chi connectivity index (χ1) is 7.92. The Morgan fingerprint density at radius 1 is 1.29 bits per heavy atom. The zero-order valence-corrected chi connectivity index (χ0v) is 11.9. The molecule has 0 aromatic heterocycles. The molecule has 0 spiro atoms. The molecular weight excluding hydrogens is 234 g/mol. The molecule has 0 amide bonds. The van der Waals surface area contributed by atoms with Crippen molar-refractivity contribution >= 4 is 11.6 Å². The van der Waals surface area contributed by atoms with Crippen molar-refractivity contribution < 1.29 is 4.74 Å². The fourth-order valence-corrected chi connectivity index (χ4v) is 1.68. The second kappa shape index (κ2) is 6.27. The van der Waals surface area contributed by atoms with Gasteiger partial charge in [0.1, 0.15) is 5.75 Å². The van der Waals surface area contributed by atoms with Gasteiger partial charge in [0.05, 0.1) is 6.61 Å². The van der Waals surface area contributed by atoms with Gasteiger partial charge in [-0.3, -0.25) is 0 Å². The van der Waals surface area contributed by atoms with E-state index in [1.807, 2.05) is 25.2 Å². The van der Waals surface area contributed by atoms with Crippen LogP contribution in [0.1, 0.15) is 32.8 Å². The van der Waals surface area contributed by atoms with E-state index < -0.39 is 0 Å². The fourth-order valence-electron chi connectivity index (χ4n) is 1.48. The molecule has 0 aliphatic heterocycles. The maximum atomic E-state index is 5.98. The van der Waals surface area contributed by atoms with Gasteiger partial charge in [0.25, 0.3) is 0 Å². The summed E-state index contributed by atoms with van der Waals surface area (Å²) in [5, 5.41) is 3.87. The molecule has 3 heteroatoms. The monoisotopic (exact) mass is 255 g/mol. The Bertz CT molecular complexity index is 358. The van der Waals surface area contributed by atoms with Crippen LogP contribution in [0.2, 0.25) is 5.02 Å². The predicted octanol–water partition coefficient (Wildman–Crippen LogP) is 3.87. The van der Waals surface area contributed by atoms with Crippen molar-refractivity contribution in [2.75, 3.05) is 13.7 Å². The van der Waals surface area contributed by atoms with E-state index >= 15 is 0 Å². The molecule has 1 N–H and O–H groups in total. The van der Waals surface area contributed by atoms with E-state index in [0.29, 0.717) is 5.41 Å². The van der Waals surface area contributed by atoms with Crippen LogP contribution in [0.15, 0.2) is 18.2 Å². The van der Waals surface area contributed by atoms with Crippen LogP contribution in [0.5, 0.6) is 5.75 Å². The highest BCUT2D eigenvalue weighted by Crippen LogP contribution is 2.24. The Kier molecular flexibility index (Phi) is 5.29. The molecule has 2 nitrogen and oxygen atoms in total. The number of ether oxygens (including phenoxy) is 1. The van der Waals surface area contributed by atoms with Crippen LogP contribution in [-0.4, -0.2) is 13.7 Å². The fraction of sp³-hybridized carbons (Fsp3) is 0.571. The predicted molar refractivity (Wildman–Crippen MR) is 73.8 cm³/mol. The summed E-state index contributed by atoms with van der Waals surface area (Å²) >= 11 is 5.98. The summed E-state index contributed by atoms with van der Waals surface area (Å²) in [4.78, 5) is 0. The molecule has 0 aliphatic carbocycles. The van der Waals surface area contributed by atoms with E-state index in [4.69, 9.17) is 16.3 Å². The lowest BCUT2D eigenvalue weighted by Crippen LogP contribution is -2.13. The van der Waals surface area contributed by atoms with Crippen LogP contribution in [0.4, 0.5) is 0 Å². The number of hydrogen-bond acceptors (Lipinski definition) is 2. The molecule has 1 aromatic rings. The summed E-state index contributed by atoms with van der Waals surface area (Å²) in [6, 6.07) is 5.76. The van der Waals surface area contributed by atoms with Crippen molar-refractivity contribution in [3.05, 3.63) is 28.8 Å². The van der Waals surface area contributed by atoms with Gasteiger partial charge in [-0.2, -0.15) is 0 Å². The molecule has 0 radical (unpaired) electrons. The van der Waals surface area contributed by atoms with Crippen LogP contribution in [-0.2, 0) is 6.54 Å². The molecule has 0 bridgehead atoms. The van der Waals surface area contributed by atoms with Gasteiger partial charge in [0.15, 0.2) is 0 Å². The molecular formula is C14H22ClNO. The Morgan fingerprint density at radius 3 is 2.59 bits per heavy atom. The molecule has 1 aromatic carbocycles. The molecule has 17 heavy (non-hydrogen) atoms. The number of halogens is 1. The van der Waals surface area contributed by atoms with E-state index in [0.717, 1.165) is 35.9 Å². The van der Waals surface area contributed by atoms with Gasteiger partial charge in [-0.25, -0.2) is 0 Å². The zero-order valence-electron chi connectivity index (χ0n) is 11.1. The van der Waals surface area contributed by atoms with Crippen LogP contribution in [0.25, 0.3) is 0 Å². The maximum absolute atomic E-state index is 5.98. The SMILES string of the molecule is CNCc1cc(Cl)ccc1OCCC(C)(C)C. The Balaban J connectivity index is 2.63. The largest absolute Gasteiger partial charge is 0.493 e. The molecule has 0 unspecified atom stereocenters. The van der Waals surface area contributed by atoms with Crippen LogP contribution < -0.4 is 10.1 Å². The Hall–Kier alpha value is -0.730. The minimum Gasteiger partial charge on any atom is -0.493 e. The van der Waals surface area contributed by atoms with Gasteiger partial charge in [-0.15, -0.1) is 0 Å². The third kappa shape index (κ3) is 5.42. The lowest BCUT2D eigenvalue weighted by molar-refractivity contribution is 0.241. The summed E-state index contributed by atoms with van der Waals surface area (Å²) in [6.45, 7) is 8.15. The number of rotatable bonds is 5. The third-order valence-electron chi connectivity index (χ3n) is 2.50. The van der Waals surface area contributed by atoms with Gasteiger partial charge >= 0.3 is 0 Å². The Labute approximate surface area is 109 Å². The van der Waals surface area contributed by atoms with Crippen molar-refractivity contribution in [2.24, 2.45) is 5.41 Å². The molecule has 0 atom stereocenters.